The molecule has 4 rings (SSSR count). The number of carbonyl (C=O) groups excluding carboxylic acids is 1. The van der Waals surface area contributed by atoms with Crippen LogP contribution in [0.25, 0.3) is 0 Å². The van der Waals surface area contributed by atoms with Gasteiger partial charge in [-0.3, -0.25) is 4.79 Å². The van der Waals surface area contributed by atoms with Crippen molar-refractivity contribution in [1.82, 2.24) is 5.32 Å². The molecule has 182 valence electrons. The van der Waals surface area contributed by atoms with Gasteiger partial charge in [-0.2, -0.15) is 0 Å². The molecule has 0 aliphatic heterocycles. The Balaban J connectivity index is 1.64. The van der Waals surface area contributed by atoms with Crippen LogP contribution < -0.4 is 5.32 Å². The van der Waals surface area contributed by atoms with Gasteiger partial charge in [0.1, 0.15) is 6.61 Å². The Bertz CT molecular complexity index is 760. The summed E-state index contributed by atoms with van der Waals surface area (Å²) in [4.78, 5) is 24.8. The minimum Gasteiger partial charge on any atom is -0.481 e. The molecule has 0 bridgehead atoms. The van der Waals surface area contributed by atoms with Gasteiger partial charge < -0.3 is 20.3 Å². The molecular weight excluding hydrogens is 477 g/mol. The third-order valence-electron chi connectivity index (χ3n) is 9.56. The van der Waals surface area contributed by atoms with Crippen molar-refractivity contribution < 1.29 is 24.5 Å². The Morgan fingerprint density at radius 2 is 1.81 bits per heavy atom. The lowest BCUT2D eigenvalue weighted by Crippen LogP contribution is -2.63. The molecule has 4 fully saturated rings. The molecule has 0 heterocycles. The number of rotatable bonds is 3. The molecule has 0 aromatic rings. The number of carboxylic acid groups (broad SMARTS) is 1. The second-order valence-electron chi connectivity index (χ2n) is 11.1. The normalized spacial score (nSPS) is 45.9. The minimum atomic E-state index is -1.69. The van der Waals surface area contributed by atoms with Crippen LogP contribution in [0.1, 0.15) is 65.2 Å². The number of nitrogens with one attached hydrogen (secondary N) is 1. The molecule has 0 aromatic carbocycles. The fraction of sp³-hybridized carbons (Fsp3) is 0.913. The summed E-state index contributed by atoms with van der Waals surface area (Å²) >= 11 is 17.2. The Kier molecular flexibility index (Phi) is 6.68. The van der Waals surface area contributed by atoms with Crippen molar-refractivity contribution in [3.05, 3.63) is 0 Å². The van der Waals surface area contributed by atoms with E-state index in [1.165, 1.54) is 0 Å². The van der Waals surface area contributed by atoms with Gasteiger partial charge in [0.05, 0.1) is 12.0 Å². The highest BCUT2D eigenvalue weighted by Crippen LogP contribution is 2.67. The first kappa shape index (κ1) is 24.7. The van der Waals surface area contributed by atoms with Gasteiger partial charge in [0, 0.05) is 6.04 Å². The zero-order valence-electron chi connectivity index (χ0n) is 18.7. The summed E-state index contributed by atoms with van der Waals surface area (Å²) < 4.78 is 3.50. The van der Waals surface area contributed by atoms with E-state index in [9.17, 15) is 19.8 Å². The van der Waals surface area contributed by atoms with Crippen LogP contribution in [0, 0.1) is 40.4 Å². The van der Waals surface area contributed by atoms with Crippen molar-refractivity contribution in [2.75, 3.05) is 6.61 Å². The first-order valence-corrected chi connectivity index (χ1v) is 12.9. The molecular formula is C23H34Cl3NO5. The summed E-state index contributed by atoms with van der Waals surface area (Å²) in [6, 6.07) is -0.216. The first-order valence-electron chi connectivity index (χ1n) is 11.8. The number of aliphatic hydroxyl groups excluding tert-OH is 1. The Morgan fingerprint density at radius 1 is 1.09 bits per heavy atom. The summed E-state index contributed by atoms with van der Waals surface area (Å²) in [6.07, 6.45) is 5.83. The average molecular weight is 511 g/mol. The van der Waals surface area contributed by atoms with Crippen molar-refractivity contribution in [1.29, 1.82) is 0 Å². The third kappa shape index (κ3) is 4.34. The van der Waals surface area contributed by atoms with Gasteiger partial charge in [0.2, 0.25) is 3.79 Å². The lowest BCUT2D eigenvalue weighted by atomic mass is 9.43. The van der Waals surface area contributed by atoms with Crippen LogP contribution in [0.2, 0.25) is 0 Å². The van der Waals surface area contributed by atoms with E-state index in [1.807, 2.05) is 0 Å². The lowest BCUT2D eigenvalue weighted by Gasteiger charge is -2.63. The zero-order valence-corrected chi connectivity index (χ0v) is 20.9. The Labute approximate surface area is 204 Å². The highest BCUT2D eigenvalue weighted by Gasteiger charge is 2.64. The lowest BCUT2D eigenvalue weighted by molar-refractivity contribution is -0.158. The van der Waals surface area contributed by atoms with Crippen LogP contribution in [-0.4, -0.2) is 44.8 Å². The SMILES string of the molecule is C[C@]12CCC(O)CC1CC[C@@H]1[C@H]2C(NC(=O)OCC(Cl)(Cl)Cl)C[C@]2(C)C(C(=O)O)CC[C@@H]12. The number of aliphatic hydroxyl groups is 1. The average Bonchev–Trinajstić information content (AvgIpc) is 3.03. The van der Waals surface area contributed by atoms with E-state index in [1.54, 1.807) is 0 Å². The van der Waals surface area contributed by atoms with E-state index >= 15 is 0 Å². The van der Waals surface area contributed by atoms with Crippen LogP contribution in [0.5, 0.6) is 0 Å². The molecule has 9 atom stereocenters. The fourth-order valence-corrected chi connectivity index (χ4v) is 8.47. The summed E-state index contributed by atoms with van der Waals surface area (Å²) in [5.74, 6) is 0.122. The molecule has 0 radical (unpaired) electrons. The molecule has 0 saturated heterocycles. The van der Waals surface area contributed by atoms with Crippen LogP contribution in [0.4, 0.5) is 4.79 Å². The molecule has 4 aliphatic rings. The van der Waals surface area contributed by atoms with Gasteiger partial charge in [-0.1, -0.05) is 48.7 Å². The third-order valence-corrected chi connectivity index (χ3v) is 9.89. The highest BCUT2D eigenvalue weighted by molar-refractivity contribution is 6.67. The smallest absolute Gasteiger partial charge is 0.407 e. The van der Waals surface area contributed by atoms with E-state index in [2.05, 4.69) is 19.2 Å². The van der Waals surface area contributed by atoms with Crippen molar-refractivity contribution in [2.24, 2.45) is 40.4 Å². The van der Waals surface area contributed by atoms with Gasteiger partial charge in [-0.15, -0.1) is 0 Å². The van der Waals surface area contributed by atoms with Gasteiger partial charge in [0.15, 0.2) is 0 Å². The van der Waals surface area contributed by atoms with Crippen molar-refractivity contribution >= 4 is 46.9 Å². The molecule has 32 heavy (non-hydrogen) atoms. The topological polar surface area (TPSA) is 95.9 Å². The number of alkyl halides is 3. The predicted molar refractivity (Wildman–Crippen MR) is 123 cm³/mol. The van der Waals surface area contributed by atoms with Gasteiger partial charge in [0.25, 0.3) is 0 Å². The number of halogens is 3. The van der Waals surface area contributed by atoms with E-state index in [-0.39, 0.29) is 35.5 Å². The highest BCUT2D eigenvalue weighted by atomic mass is 35.6. The molecule has 0 aromatic heterocycles. The van der Waals surface area contributed by atoms with E-state index in [0.29, 0.717) is 30.6 Å². The first-order chi connectivity index (χ1) is 14.8. The van der Waals surface area contributed by atoms with Gasteiger partial charge in [-0.25, -0.2) is 4.79 Å². The second-order valence-corrected chi connectivity index (χ2v) is 13.6. The molecule has 4 unspecified atom stereocenters. The number of alkyl carbamates (subject to hydrolysis) is 1. The number of carbonyl (C=O) groups is 2. The van der Waals surface area contributed by atoms with E-state index in [4.69, 9.17) is 39.5 Å². The summed E-state index contributed by atoms with van der Waals surface area (Å²) in [5, 5.41) is 23.3. The maximum absolute atomic E-state index is 12.7. The number of hydrogen-bond acceptors (Lipinski definition) is 4. The standard InChI is InChI=1S/C23H34Cl3NO5/c1-21-8-7-13(28)9-12(21)3-4-14-15-5-6-16(19(29)30)22(15,2)10-17(18(14)21)27-20(31)32-11-23(24,25)26/h12-18,28H,3-11H2,1-2H3,(H,27,31)(H,29,30)/t12?,13?,14-,15-,16?,17?,18-,21-,22-/m0/s1. The molecule has 4 saturated carbocycles. The maximum Gasteiger partial charge on any atom is 0.407 e. The van der Waals surface area contributed by atoms with E-state index in [0.717, 1.165) is 38.5 Å². The summed E-state index contributed by atoms with van der Waals surface area (Å²) in [7, 11) is 0. The van der Waals surface area contributed by atoms with Crippen LogP contribution in [-0.2, 0) is 9.53 Å². The van der Waals surface area contributed by atoms with Crippen LogP contribution in [0.15, 0.2) is 0 Å². The van der Waals surface area contributed by atoms with Crippen LogP contribution >= 0.6 is 34.8 Å². The van der Waals surface area contributed by atoms with Crippen LogP contribution in [0.3, 0.4) is 0 Å². The van der Waals surface area contributed by atoms with Crippen molar-refractivity contribution in [3.63, 3.8) is 0 Å². The molecule has 1 amide bonds. The predicted octanol–water partition coefficient (Wildman–Crippen LogP) is 5.17. The molecule has 0 spiro atoms. The zero-order chi connectivity index (χ0) is 23.5. The molecule has 4 aliphatic carbocycles. The number of amides is 1. The van der Waals surface area contributed by atoms with Crippen molar-refractivity contribution in [2.45, 2.75) is 81.2 Å². The summed E-state index contributed by atoms with van der Waals surface area (Å²) in [6.45, 7) is 4.06. The number of carboxylic acids is 1. The number of ether oxygens (including phenoxy) is 1. The molecule has 6 nitrogen and oxygen atoms in total. The minimum absolute atomic E-state index is 0.0159. The number of aliphatic carboxylic acids is 1. The number of fused-ring (bicyclic) bond motifs is 5. The maximum atomic E-state index is 12.7. The summed E-state index contributed by atoms with van der Waals surface area (Å²) in [5.41, 5.74) is -0.393. The van der Waals surface area contributed by atoms with Gasteiger partial charge >= 0.3 is 12.1 Å². The second kappa shape index (κ2) is 8.66. The Hall–Kier alpha value is -0.430. The van der Waals surface area contributed by atoms with Crippen molar-refractivity contribution in [3.8, 4) is 0 Å². The fourth-order valence-electron chi connectivity index (χ4n) is 8.30. The molecule has 9 heteroatoms. The monoisotopic (exact) mass is 509 g/mol. The number of hydrogen-bond donors (Lipinski definition) is 3. The Morgan fingerprint density at radius 3 is 2.47 bits per heavy atom. The quantitative estimate of drug-likeness (QED) is 0.455. The van der Waals surface area contributed by atoms with Gasteiger partial charge in [-0.05, 0) is 85.9 Å². The largest absolute Gasteiger partial charge is 0.481 e. The van der Waals surface area contributed by atoms with E-state index < -0.39 is 21.8 Å². The molecule has 3 N–H and O–H groups in total.